The number of imidazole rings is 4. The molecule has 4 amide bonds. The number of piperidine rings is 4. The lowest BCUT2D eigenvalue weighted by atomic mass is 10.0. The molecule has 128 heavy (non-hydrogen) atoms. The Morgan fingerprint density at radius 2 is 0.781 bits per heavy atom. The van der Waals surface area contributed by atoms with Gasteiger partial charge in [-0.05, 0) is 255 Å². The standard InChI is InChI=1S/C25H34FN3O2.C18H24FN4O.C17H21FN4O.C13H19FN2.C11H17NO.C7H6N4O.C2H4O2.CH3I.CH4.2HI/c1-19(2)18-31-24-10-6-20(7-11-24)16-27-25(30)29(23-12-14-28(3)15-13-23)17-21-4-8-22(26)9-5-21;1-20-9-7-17(8-10-20)23(13-15-3-5-16(19)6-4-15)18(24)22-12-11-21(2)14-22;1-20-9-6-16(7-10-20)22(17(23)21-11-8-19-13-21)12-14-2-4-15(18)5-3-14;1-16-8-6-13(7-9-16)15-10-11-2-4-12(14)5-3-11;1-9(2)8-13-11-5-3-10(7-12)4-6-11;12-7(10-3-1-8-5-10)11-4-2-9-6-11;1-2(3)4;1-2;;;/h4-11,19,23H,12-18H2,1-3H3,(H,27,30);3-6,11-12,14,17H,7-10,13H2,1-2H3;2-5,8,11,13,16H,6-7,9-10,12H2,1H3;2-5,13,15H,6-10H2,1H3;3-6,9H,7-8,12H2,1-2H3;1-6H;1H3,(H,3,4);1H3;1H4;2*1H/q;+1;;;;;;;;;/p-1. The summed E-state index contributed by atoms with van der Waals surface area (Å²) in [4.78, 5) is 87.7. The molecule has 4 aliphatic heterocycles. The predicted octanol–water partition coefficient (Wildman–Crippen LogP) is 13.5. The Balaban J connectivity index is 0.000000324. The quantitative estimate of drug-likeness (QED) is 0.0226. The number of carboxylic acid groups (broad SMARTS) is 1. The molecule has 0 unspecified atom stereocenters. The number of ether oxygens (including phenoxy) is 2. The molecule has 0 aliphatic carbocycles. The molecule has 10 aromatic rings. The Hall–Kier alpha value is -9.22. The predicted molar refractivity (Wildman–Crippen MR) is 510 cm³/mol. The van der Waals surface area contributed by atoms with Crippen molar-refractivity contribution in [2.45, 2.75) is 157 Å². The van der Waals surface area contributed by atoms with Crippen molar-refractivity contribution in [1.82, 2.24) is 78.2 Å². The number of carbonyl (C=O) groups excluding carboxylic acids is 4. The van der Waals surface area contributed by atoms with Gasteiger partial charge in [0.05, 0.1) is 20.3 Å². The average Bonchev–Trinajstić information content (AvgIpc) is 1.46. The van der Waals surface area contributed by atoms with Crippen LogP contribution in [0.1, 0.15) is 127 Å². The maximum absolute atomic E-state index is 13.3. The highest BCUT2D eigenvalue weighted by atomic mass is 127. The van der Waals surface area contributed by atoms with Gasteiger partial charge >= 0.3 is 24.1 Å². The van der Waals surface area contributed by atoms with E-state index in [0.717, 1.165) is 143 Å². The van der Waals surface area contributed by atoms with Gasteiger partial charge in [0.1, 0.15) is 66.1 Å². The second-order valence-corrected chi connectivity index (χ2v) is 32.3. The van der Waals surface area contributed by atoms with Gasteiger partial charge < -0.3 is 84.3 Å². The van der Waals surface area contributed by atoms with E-state index in [1.54, 1.807) is 90.7 Å². The van der Waals surface area contributed by atoms with Gasteiger partial charge in [0.25, 0.3) is 12.3 Å². The number of carboxylic acids is 1. The molecule has 6 aromatic carbocycles. The number of carbonyl (C=O) groups is 5. The van der Waals surface area contributed by atoms with Gasteiger partial charge in [-0.25, -0.2) is 56.3 Å². The molecule has 700 valence electrons. The first-order valence-electron chi connectivity index (χ1n) is 42.5. The van der Waals surface area contributed by atoms with Crippen molar-refractivity contribution in [3.63, 3.8) is 0 Å². The van der Waals surface area contributed by atoms with Gasteiger partial charge in [-0.15, -0.1) is 24.0 Å². The van der Waals surface area contributed by atoms with Crippen LogP contribution >= 0.6 is 46.6 Å². The Bertz CT molecular complexity index is 4610. The number of nitrogens with zero attached hydrogens (tertiary/aromatic N) is 15. The largest absolute Gasteiger partial charge is 1.00 e. The smallest absolute Gasteiger partial charge is 0.416 e. The van der Waals surface area contributed by atoms with Crippen molar-refractivity contribution < 1.29 is 84.7 Å². The highest BCUT2D eigenvalue weighted by Crippen LogP contribution is 2.25. The molecule has 26 nitrogen and oxygen atoms in total. The number of nitrogens with two attached hydrogens (primary N) is 1. The van der Waals surface area contributed by atoms with Crippen LogP contribution in [0.3, 0.4) is 0 Å². The molecule has 8 heterocycles. The number of alkyl halides is 1. The highest BCUT2D eigenvalue weighted by Gasteiger charge is 2.33. The summed E-state index contributed by atoms with van der Waals surface area (Å²) < 4.78 is 71.2. The number of nitrogens with one attached hydrogen (secondary N) is 2. The fourth-order valence-electron chi connectivity index (χ4n) is 13.8. The van der Waals surface area contributed by atoms with Gasteiger partial charge in [-0.3, -0.25) is 23.4 Å². The maximum Gasteiger partial charge on any atom is 0.416 e. The number of hydrogen-bond donors (Lipinski definition) is 4. The van der Waals surface area contributed by atoms with Crippen LogP contribution < -0.4 is 54.4 Å². The Morgan fingerprint density at radius 1 is 0.477 bits per heavy atom. The number of hydrogen-bond acceptors (Lipinski definition) is 16. The third-order valence-electron chi connectivity index (χ3n) is 21.0. The molecule has 0 spiro atoms. The molecule has 4 aromatic heterocycles. The lowest BCUT2D eigenvalue weighted by molar-refractivity contribution is -0.670. The Kier molecular flexibility index (Phi) is 52.6. The maximum atomic E-state index is 13.3. The van der Waals surface area contributed by atoms with E-state index in [1.807, 2.05) is 98.1 Å². The normalized spacial score (nSPS) is 14.3. The van der Waals surface area contributed by atoms with Gasteiger partial charge in [-0.1, -0.05) is 131 Å². The number of urea groups is 1. The number of aliphatic carboxylic acids is 1. The Morgan fingerprint density at radius 3 is 1.11 bits per heavy atom. The van der Waals surface area contributed by atoms with E-state index in [2.05, 4.69) is 124 Å². The van der Waals surface area contributed by atoms with Gasteiger partial charge in [0.2, 0.25) is 0 Å². The van der Waals surface area contributed by atoms with E-state index >= 15 is 0 Å². The van der Waals surface area contributed by atoms with Crippen LogP contribution in [0, 0.1) is 35.1 Å². The molecule has 14 rings (SSSR count). The van der Waals surface area contributed by atoms with Gasteiger partial charge in [0.15, 0.2) is 0 Å². The molecule has 4 saturated heterocycles. The minimum absolute atomic E-state index is 0. The topological polar surface area (TPSA) is 259 Å². The number of aryl methyl sites for hydroxylation is 1. The number of likely N-dealkylation sites (tertiary alicyclic amines) is 4. The summed E-state index contributed by atoms with van der Waals surface area (Å²) in [6.07, 6.45) is 27.4. The summed E-state index contributed by atoms with van der Waals surface area (Å²) in [5, 5.41) is 14.0. The molecule has 4 aliphatic rings. The molecule has 0 saturated carbocycles. The SMILES string of the molecule is C.CC(=O)O.CC(C)COc1ccc(CN)cc1.CC(C)COc1ccc(CNC(=O)N(Cc2ccc(F)cc2)C2CCN(C)CC2)cc1.CI.CN1CCC(N(Cc2ccc(F)cc2)C(=O)n2cc[n+](C)c2)CC1.CN1CCC(N(Cc2ccc(F)cc2)C(=O)n2ccnc2)CC1.CN1CCC(NCc2ccc(F)cc2)CC1.I.O=C(n1ccnc1)n1ccnc1.[I-]. The molecule has 0 bridgehead atoms. The van der Waals surface area contributed by atoms with Crippen molar-refractivity contribution in [3.8, 4) is 11.5 Å². The lowest BCUT2D eigenvalue weighted by Crippen LogP contribution is -3.00. The van der Waals surface area contributed by atoms with Crippen molar-refractivity contribution in [1.29, 1.82) is 0 Å². The van der Waals surface area contributed by atoms with Crippen molar-refractivity contribution in [2.75, 3.05) is 98.7 Å². The minimum Gasteiger partial charge on any atom is -1.00 e. The van der Waals surface area contributed by atoms with E-state index in [1.165, 1.54) is 107 Å². The first kappa shape index (κ1) is 111. The van der Waals surface area contributed by atoms with Crippen molar-refractivity contribution in [3.05, 3.63) is 277 Å². The van der Waals surface area contributed by atoms with Crippen LogP contribution in [-0.2, 0) is 51.1 Å². The molecular weight excluding hydrogens is 1980 g/mol. The Labute approximate surface area is 802 Å². The zero-order valence-electron chi connectivity index (χ0n) is 75.0. The third-order valence-corrected chi connectivity index (χ3v) is 21.0. The fourth-order valence-corrected chi connectivity index (χ4v) is 13.8. The van der Waals surface area contributed by atoms with Crippen molar-refractivity contribution in [2.24, 2.45) is 24.6 Å². The third kappa shape index (κ3) is 41.3. The highest BCUT2D eigenvalue weighted by molar-refractivity contribution is 14.1. The first-order valence-corrected chi connectivity index (χ1v) is 44.6. The van der Waals surface area contributed by atoms with E-state index < -0.39 is 5.97 Å². The van der Waals surface area contributed by atoms with Crippen LogP contribution in [0.25, 0.3) is 0 Å². The average molecular weight is 2110 g/mol. The zero-order valence-corrected chi connectivity index (χ0v) is 81.6. The summed E-state index contributed by atoms with van der Waals surface area (Å²) in [6.45, 7) is 22.6. The minimum atomic E-state index is -0.833. The summed E-state index contributed by atoms with van der Waals surface area (Å²) >= 11 is 2.15. The van der Waals surface area contributed by atoms with E-state index in [0.29, 0.717) is 57.2 Å². The van der Waals surface area contributed by atoms with E-state index in [4.69, 9.17) is 25.1 Å². The number of aromatic nitrogens is 8. The zero-order chi connectivity index (χ0) is 90.6. The van der Waals surface area contributed by atoms with Gasteiger partial charge in [0, 0.05) is 108 Å². The fraction of sp³-hybridized carbons (Fsp3) is 0.442. The number of halogens is 7. The monoisotopic (exact) mass is 2110 g/mol. The lowest BCUT2D eigenvalue weighted by Gasteiger charge is -2.37. The van der Waals surface area contributed by atoms with Crippen LogP contribution in [0.5, 0.6) is 11.5 Å². The van der Waals surface area contributed by atoms with E-state index in [-0.39, 0.29) is 121 Å². The molecule has 0 radical (unpaired) electrons. The summed E-state index contributed by atoms with van der Waals surface area (Å²) in [7, 11) is 10.4. The summed E-state index contributed by atoms with van der Waals surface area (Å²) in [6, 6.07) is 42.4. The molecular formula is C95H133F4I3N18O8. The molecule has 0 atom stereocenters. The van der Waals surface area contributed by atoms with Crippen LogP contribution in [0.15, 0.2) is 220 Å². The molecule has 33 heteroatoms. The summed E-state index contributed by atoms with van der Waals surface area (Å²) in [5.41, 5.74) is 11.6. The second kappa shape index (κ2) is 60.6. The molecule has 4 fully saturated rings. The van der Waals surface area contributed by atoms with Crippen LogP contribution in [-0.4, -0.2) is 226 Å². The molecule has 5 N–H and O–H groups in total. The van der Waals surface area contributed by atoms with Crippen LogP contribution in [0.4, 0.5) is 36.7 Å². The number of amides is 4. The van der Waals surface area contributed by atoms with Gasteiger partial charge in [-0.2, -0.15) is 4.57 Å². The first-order chi connectivity index (χ1) is 60.1. The summed E-state index contributed by atoms with van der Waals surface area (Å²) in [5.74, 6) is 1.02. The number of benzene rings is 6. The van der Waals surface area contributed by atoms with Crippen LogP contribution in [0.2, 0.25) is 0 Å². The van der Waals surface area contributed by atoms with E-state index in [9.17, 15) is 36.7 Å². The van der Waals surface area contributed by atoms with Crippen molar-refractivity contribution >= 4 is 76.7 Å². The second-order valence-electron chi connectivity index (χ2n) is 32.3. The number of rotatable bonds is 21.